The summed E-state index contributed by atoms with van der Waals surface area (Å²) in [5, 5.41) is 0. The van der Waals surface area contributed by atoms with E-state index in [4.69, 9.17) is 2.74 Å². The van der Waals surface area contributed by atoms with Gasteiger partial charge >= 0.3 is 0 Å². The first kappa shape index (κ1) is 5.95. The smallest absolute Gasteiger partial charge is 0.136 e. The van der Waals surface area contributed by atoms with Crippen molar-refractivity contribution < 1.29 is 7.54 Å². The van der Waals surface area contributed by atoms with Crippen LogP contribution in [0, 0.1) is 17.8 Å². The molecule has 3 atom stereocenters. The molecule has 2 aliphatic rings. The van der Waals surface area contributed by atoms with Gasteiger partial charge in [-0.1, -0.05) is 22.6 Å². The van der Waals surface area contributed by atoms with Crippen LogP contribution in [0.2, 0.25) is 0 Å². The minimum atomic E-state index is -1.09. The Bertz CT molecular complexity index is 236. The molecule has 0 aromatic heterocycles. The molecule has 2 saturated carbocycles. The van der Waals surface area contributed by atoms with E-state index in [0.29, 0.717) is 30.0 Å². The lowest BCUT2D eigenvalue weighted by Gasteiger charge is -2.27. The first-order valence-electron chi connectivity index (χ1n) is 5.17. The van der Waals surface area contributed by atoms with Gasteiger partial charge in [0.25, 0.3) is 0 Å². The van der Waals surface area contributed by atoms with Gasteiger partial charge in [0, 0.05) is 15.1 Å². The van der Waals surface area contributed by atoms with Crippen molar-refractivity contribution in [3.05, 3.63) is 0 Å². The first-order valence-corrected chi connectivity index (χ1v) is 5.25. The molecule has 0 heterocycles. The average Bonchev–Trinajstić information content (AvgIpc) is 2.24. The first-order chi connectivity index (χ1) is 5.96. The molecule has 0 aromatic rings. The van der Waals surface area contributed by atoms with Crippen LogP contribution in [0.1, 0.15) is 28.4 Å². The Morgan fingerprint density at radius 3 is 3.00 bits per heavy atom. The second-order valence-corrected chi connectivity index (χ2v) is 4.47. The molecule has 0 amide bonds. The van der Waals surface area contributed by atoms with Crippen LogP contribution in [0.5, 0.6) is 0 Å². The number of halogens is 1. The van der Waals surface area contributed by atoms with Crippen molar-refractivity contribution in [3.63, 3.8) is 0 Å². The number of alkyl halides is 1. The van der Waals surface area contributed by atoms with Crippen molar-refractivity contribution >= 4 is 28.4 Å². The predicted octanol–water partition coefficient (Wildman–Crippen LogP) is 2.43. The zero-order chi connectivity index (χ0) is 9.64. The van der Waals surface area contributed by atoms with E-state index in [1.165, 1.54) is 0 Å². The van der Waals surface area contributed by atoms with Crippen LogP contribution in [0.25, 0.3) is 0 Å². The zero-order valence-corrected chi connectivity index (χ0v) is 8.50. The molecule has 0 saturated heterocycles. The van der Waals surface area contributed by atoms with Crippen LogP contribution >= 0.6 is 22.6 Å². The molecule has 2 heteroatoms. The largest absolute Gasteiger partial charge is 0.299 e. The van der Waals surface area contributed by atoms with Crippen LogP contribution in [-0.2, 0) is 4.79 Å². The summed E-state index contributed by atoms with van der Waals surface area (Å²) in [5.41, 5.74) is 0. The Balaban J connectivity index is 1.88. The van der Waals surface area contributed by atoms with Crippen molar-refractivity contribution in [2.75, 3.05) is 4.38 Å². The highest BCUT2D eigenvalue weighted by atomic mass is 127. The molecule has 0 radical (unpaired) electrons. The number of carbonyl (C=O) groups is 1. The molecule has 0 unspecified atom stereocenters. The Morgan fingerprint density at radius 1 is 1.64 bits per heavy atom. The van der Waals surface area contributed by atoms with E-state index < -0.39 is 4.38 Å². The second kappa shape index (κ2) is 3.04. The van der Waals surface area contributed by atoms with Crippen molar-refractivity contribution in [2.24, 2.45) is 17.8 Å². The topological polar surface area (TPSA) is 17.1 Å². The Kier molecular flexibility index (Phi) is 1.64. The van der Waals surface area contributed by atoms with Crippen molar-refractivity contribution in [3.8, 4) is 0 Å². The lowest BCUT2D eigenvalue weighted by Crippen LogP contribution is -2.32. The number of hydrogen-bond acceptors (Lipinski definition) is 1. The molecule has 0 bridgehead atoms. The number of hydrogen-bond donors (Lipinski definition) is 0. The predicted molar refractivity (Wildman–Crippen MR) is 52.8 cm³/mol. The molecule has 0 N–H and O–H groups in total. The average molecular weight is 266 g/mol. The highest BCUT2D eigenvalue weighted by Gasteiger charge is 2.46. The van der Waals surface area contributed by atoms with Gasteiger partial charge in [-0.15, -0.1) is 0 Å². The number of carbonyl (C=O) groups excluding carboxylic acids is 1. The SMILES string of the molecule is [2H]C([2H])(I)C[C@@H]1C[C@@H]2CC(=O)[C@@H]2C1. The Hall–Kier alpha value is 0.400. The highest BCUT2D eigenvalue weighted by Crippen LogP contribution is 2.48. The molecule has 0 spiro atoms. The van der Waals surface area contributed by atoms with Crippen molar-refractivity contribution in [1.82, 2.24) is 0 Å². The Labute approximate surface area is 83.9 Å². The van der Waals surface area contributed by atoms with E-state index in [1.54, 1.807) is 0 Å². The van der Waals surface area contributed by atoms with E-state index in [0.717, 1.165) is 19.3 Å². The summed E-state index contributed by atoms with van der Waals surface area (Å²) in [6.07, 6.45) is 3.42. The van der Waals surface area contributed by atoms with Gasteiger partial charge in [0.2, 0.25) is 0 Å². The van der Waals surface area contributed by atoms with E-state index >= 15 is 0 Å². The summed E-state index contributed by atoms with van der Waals surface area (Å²) in [4.78, 5) is 11.1. The minimum absolute atomic E-state index is 0.309. The second-order valence-electron chi connectivity index (χ2n) is 3.71. The van der Waals surface area contributed by atoms with Gasteiger partial charge in [-0.3, -0.25) is 4.79 Å². The maximum Gasteiger partial charge on any atom is 0.136 e. The molecule has 2 aliphatic carbocycles. The van der Waals surface area contributed by atoms with Crippen molar-refractivity contribution in [2.45, 2.75) is 25.7 Å². The molecule has 11 heavy (non-hydrogen) atoms. The molecular weight excluding hydrogens is 251 g/mol. The highest BCUT2D eigenvalue weighted by molar-refractivity contribution is 14.1. The number of rotatable bonds is 2. The molecule has 2 rings (SSSR count). The monoisotopic (exact) mass is 266 g/mol. The van der Waals surface area contributed by atoms with Crippen LogP contribution in [0.3, 0.4) is 0 Å². The van der Waals surface area contributed by atoms with Crippen LogP contribution in [-0.4, -0.2) is 10.2 Å². The van der Waals surface area contributed by atoms with Gasteiger partial charge in [-0.2, -0.15) is 0 Å². The summed E-state index contributed by atoms with van der Waals surface area (Å²) < 4.78 is 13.8. The van der Waals surface area contributed by atoms with E-state index in [2.05, 4.69) is 0 Å². The summed E-state index contributed by atoms with van der Waals surface area (Å²) in [6.45, 7) is 0. The third kappa shape index (κ3) is 1.34. The fourth-order valence-corrected chi connectivity index (χ4v) is 3.01. The zero-order valence-electron chi connectivity index (χ0n) is 8.35. The number of fused-ring (bicyclic) bond motifs is 1. The van der Waals surface area contributed by atoms with Gasteiger partial charge in [0.05, 0.1) is 0 Å². The fourth-order valence-electron chi connectivity index (χ4n) is 2.39. The maximum atomic E-state index is 11.1. The summed E-state index contributed by atoms with van der Waals surface area (Å²) >= 11 is 1.85. The standard InChI is InChI=1S/C9H13IO/c10-2-1-6-3-7-5-9(11)8(7)4-6/h6-8H,1-5H2/t6-,7-,8-/m1/s1/i2D2. The lowest BCUT2D eigenvalue weighted by atomic mass is 9.75. The van der Waals surface area contributed by atoms with E-state index in [1.807, 2.05) is 22.6 Å². The van der Waals surface area contributed by atoms with Crippen molar-refractivity contribution in [1.29, 1.82) is 0 Å². The summed E-state index contributed by atoms with van der Waals surface area (Å²) in [7, 11) is 0. The van der Waals surface area contributed by atoms with Crippen LogP contribution < -0.4 is 0 Å². The van der Waals surface area contributed by atoms with Crippen LogP contribution in [0.4, 0.5) is 0 Å². The molecule has 62 valence electrons. The Morgan fingerprint density at radius 2 is 2.45 bits per heavy atom. The fraction of sp³-hybridized carbons (Fsp3) is 0.889. The van der Waals surface area contributed by atoms with Gasteiger partial charge in [-0.05, 0) is 35.5 Å². The molecule has 0 aliphatic heterocycles. The summed E-state index contributed by atoms with van der Waals surface area (Å²) in [5.74, 6) is 1.79. The van der Waals surface area contributed by atoms with E-state index in [-0.39, 0.29) is 0 Å². The minimum Gasteiger partial charge on any atom is -0.299 e. The number of ketones is 1. The maximum absolute atomic E-state index is 11.1. The number of Topliss-reactive ketones (excluding diaryl/α,β-unsaturated/α-hetero) is 1. The van der Waals surface area contributed by atoms with Gasteiger partial charge in [-0.25, -0.2) is 0 Å². The lowest BCUT2D eigenvalue weighted by molar-refractivity contribution is -0.132. The quantitative estimate of drug-likeness (QED) is 0.554. The van der Waals surface area contributed by atoms with Crippen LogP contribution in [0.15, 0.2) is 0 Å². The normalized spacial score (nSPS) is 45.9. The summed E-state index contributed by atoms with van der Waals surface area (Å²) in [6, 6.07) is 0. The van der Waals surface area contributed by atoms with Gasteiger partial charge < -0.3 is 0 Å². The molecule has 0 aromatic carbocycles. The molecular formula is C9H13IO. The van der Waals surface area contributed by atoms with Gasteiger partial charge in [0.15, 0.2) is 0 Å². The van der Waals surface area contributed by atoms with Gasteiger partial charge in [0.1, 0.15) is 5.78 Å². The molecule has 1 nitrogen and oxygen atoms in total. The van der Waals surface area contributed by atoms with E-state index in [9.17, 15) is 4.79 Å². The third-order valence-electron chi connectivity index (χ3n) is 3.04. The molecule has 2 fully saturated rings. The third-order valence-corrected chi connectivity index (χ3v) is 3.48.